The normalized spacial score (nSPS) is 20.3. The summed E-state index contributed by atoms with van der Waals surface area (Å²) in [5, 5.41) is 0.875. The largest absolute Gasteiger partial charge is 0.341 e. The van der Waals surface area contributed by atoms with Crippen molar-refractivity contribution in [2.45, 2.75) is 31.6 Å². The van der Waals surface area contributed by atoms with Crippen molar-refractivity contribution in [3.05, 3.63) is 39.9 Å². The molecule has 0 atom stereocenters. The quantitative estimate of drug-likeness (QED) is 0.581. The number of amides is 2. The van der Waals surface area contributed by atoms with Crippen molar-refractivity contribution < 1.29 is 18.4 Å². The highest BCUT2D eigenvalue weighted by Crippen LogP contribution is 2.27. The van der Waals surface area contributed by atoms with Gasteiger partial charge in [0.15, 0.2) is 0 Å². The lowest BCUT2D eigenvalue weighted by molar-refractivity contribution is -0.130. The molecule has 2 fully saturated rings. The standard InChI is InChI=1S/C22H27Cl2F2N3O2/c23-18-4-2-17(16-19(18)24)3-5-20(30)29-11-6-21(31)28(14-15-29)10-1-9-27-12-7-22(25,26)8-13-27/h2-5,16H,1,6-15H2/b5-3+. The maximum atomic E-state index is 13.2. The lowest BCUT2D eigenvalue weighted by Gasteiger charge is -2.32. The first-order chi connectivity index (χ1) is 14.7. The van der Waals surface area contributed by atoms with E-state index in [9.17, 15) is 18.4 Å². The van der Waals surface area contributed by atoms with Crippen LogP contribution < -0.4 is 0 Å². The fourth-order valence-corrected chi connectivity index (χ4v) is 4.11. The van der Waals surface area contributed by atoms with E-state index in [1.165, 1.54) is 6.08 Å². The first-order valence-electron chi connectivity index (χ1n) is 10.5. The van der Waals surface area contributed by atoms with Crippen molar-refractivity contribution >= 4 is 41.1 Å². The predicted octanol–water partition coefficient (Wildman–Crippen LogP) is 4.19. The number of carbonyl (C=O) groups is 2. The zero-order valence-electron chi connectivity index (χ0n) is 17.3. The summed E-state index contributed by atoms with van der Waals surface area (Å²) in [4.78, 5) is 30.4. The van der Waals surface area contributed by atoms with E-state index in [2.05, 4.69) is 0 Å². The molecule has 0 aliphatic carbocycles. The topological polar surface area (TPSA) is 43.9 Å². The maximum absolute atomic E-state index is 13.2. The monoisotopic (exact) mass is 473 g/mol. The SMILES string of the molecule is O=C(/C=C/c1ccc(Cl)c(Cl)c1)N1CCC(=O)N(CCCN2CCC(F)(F)CC2)CC1. The Kier molecular flexibility index (Phi) is 8.30. The number of benzene rings is 1. The molecule has 3 rings (SSSR count). The number of nitrogens with zero attached hydrogens (tertiary/aromatic N) is 3. The molecule has 9 heteroatoms. The second-order valence-corrected chi connectivity index (χ2v) is 8.83. The zero-order valence-corrected chi connectivity index (χ0v) is 18.8. The summed E-state index contributed by atoms with van der Waals surface area (Å²) in [6, 6.07) is 5.13. The molecule has 2 heterocycles. The van der Waals surface area contributed by atoms with Gasteiger partial charge in [-0.25, -0.2) is 8.78 Å². The third-order valence-corrected chi connectivity index (χ3v) is 6.49. The molecule has 0 aromatic heterocycles. The third kappa shape index (κ3) is 7.16. The average Bonchev–Trinajstić information content (AvgIpc) is 2.92. The van der Waals surface area contributed by atoms with E-state index in [-0.39, 0.29) is 31.1 Å². The van der Waals surface area contributed by atoms with Crippen LogP contribution in [0.25, 0.3) is 6.08 Å². The van der Waals surface area contributed by atoms with Crippen LogP contribution in [0.5, 0.6) is 0 Å². The number of rotatable bonds is 6. The van der Waals surface area contributed by atoms with Gasteiger partial charge in [0.25, 0.3) is 5.92 Å². The Morgan fingerprint density at radius 3 is 2.48 bits per heavy atom. The Morgan fingerprint density at radius 2 is 1.77 bits per heavy atom. The maximum Gasteiger partial charge on any atom is 0.250 e. The van der Waals surface area contributed by atoms with Crippen LogP contribution in [0.1, 0.15) is 31.2 Å². The number of alkyl halides is 2. The number of hydrogen-bond acceptors (Lipinski definition) is 3. The van der Waals surface area contributed by atoms with Gasteiger partial charge in [-0.2, -0.15) is 0 Å². The number of hydrogen-bond donors (Lipinski definition) is 0. The fraction of sp³-hybridized carbons (Fsp3) is 0.545. The Labute approximate surface area is 191 Å². The van der Waals surface area contributed by atoms with Gasteiger partial charge < -0.3 is 14.7 Å². The van der Waals surface area contributed by atoms with Crippen LogP contribution in [0.3, 0.4) is 0 Å². The highest BCUT2D eigenvalue weighted by atomic mass is 35.5. The molecule has 2 aliphatic rings. The van der Waals surface area contributed by atoms with Crippen molar-refractivity contribution in [1.29, 1.82) is 0 Å². The molecule has 2 saturated heterocycles. The number of piperidine rings is 1. The van der Waals surface area contributed by atoms with Crippen molar-refractivity contribution in [2.75, 3.05) is 45.8 Å². The molecule has 0 radical (unpaired) electrons. The van der Waals surface area contributed by atoms with Gasteiger partial charge in [0, 0.05) is 64.6 Å². The second-order valence-electron chi connectivity index (χ2n) is 8.01. The summed E-state index contributed by atoms with van der Waals surface area (Å²) in [5.41, 5.74) is 0.769. The van der Waals surface area contributed by atoms with Gasteiger partial charge in [-0.05, 0) is 36.7 Å². The van der Waals surface area contributed by atoms with E-state index < -0.39 is 5.92 Å². The molecule has 0 unspecified atom stereocenters. The molecule has 1 aromatic rings. The van der Waals surface area contributed by atoms with Gasteiger partial charge in [-0.3, -0.25) is 9.59 Å². The zero-order chi connectivity index (χ0) is 22.4. The average molecular weight is 474 g/mol. The van der Waals surface area contributed by atoms with Crippen LogP contribution in [0.4, 0.5) is 8.78 Å². The Hall–Kier alpha value is -1.70. The highest BCUT2D eigenvalue weighted by Gasteiger charge is 2.33. The molecule has 0 spiro atoms. The molecule has 5 nitrogen and oxygen atoms in total. The molecule has 31 heavy (non-hydrogen) atoms. The van der Waals surface area contributed by atoms with Gasteiger partial charge in [-0.15, -0.1) is 0 Å². The van der Waals surface area contributed by atoms with E-state index in [4.69, 9.17) is 23.2 Å². The van der Waals surface area contributed by atoms with Gasteiger partial charge in [-0.1, -0.05) is 29.3 Å². The van der Waals surface area contributed by atoms with Crippen LogP contribution in [0.15, 0.2) is 24.3 Å². The van der Waals surface area contributed by atoms with E-state index in [0.29, 0.717) is 55.9 Å². The van der Waals surface area contributed by atoms with Crippen LogP contribution >= 0.6 is 23.2 Å². The molecule has 170 valence electrons. The minimum Gasteiger partial charge on any atom is -0.341 e. The molecule has 0 bridgehead atoms. The minimum atomic E-state index is -2.54. The Bertz CT molecular complexity index is 825. The third-order valence-electron chi connectivity index (χ3n) is 5.75. The van der Waals surface area contributed by atoms with E-state index in [1.54, 1.807) is 34.1 Å². The van der Waals surface area contributed by atoms with E-state index in [0.717, 1.165) is 12.0 Å². The molecule has 2 aliphatic heterocycles. The summed E-state index contributed by atoms with van der Waals surface area (Å²) >= 11 is 11.9. The Balaban J connectivity index is 1.44. The summed E-state index contributed by atoms with van der Waals surface area (Å²) in [6.45, 7) is 3.39. The van der Waals surface area contributed by atoms with Crippen molar-refractivity contribution in [3.63, 3.8) is 0 Å². The van der Waals surface area contributed by atoms with Gasteiger partial charge in [0.2, 0.25) is 11.8 Å². The summed E-state index contributed by atoms with van der Waals surface area (Å²) in [6.07, 6.45) is 3.98. The lowest BCUT2D eigenvalue weighted by Crippen LogP contribution is -2.41. The minimum absolute atomic E-state index is 0.0222. The lowest BCUT2D eigenvalue weighted by atomic mass is 10.1. The summed E-state index contributed by atoms with van der Waals surface area (Å²) in [5.74, 6) is -2.68. The molecule has 0 N–H and O–H groups in total. The van der Waals surface area contributed by atoms with Crippen molar-refractivity contribution in [1.82, 2.24) is 14.7 Å². The number of halogens is 4. The van der Waals surface area contributed by atoms with E-state index in [1.807, 2.05) is 4.90 Å². The van der Waals surface area contributed by atoms with Crippen molar-refractivity contribution in [3.8, 4) is 0 Å². The molecule has 0 saturated carbocycles. The van der Waals surface area contributed by atoms with Gasteiger partial charge in [0.1, 0.15) is 0 Å². The van der Waals surface area contributed by atoms with Crippen molar-refractivity contribution in [2.24, 2.45) is 0 Å². The molecular formula is C22H27Cl2F2N3O2. The fourth-order valence-electron chi connectivity index (χ4n) is 3.80. The number of likely N-dealkylation sites (tertiary alicyclic amines) is 1. The smallest absolute Gasteiger partial charge is 0.250 e. The highest BCUT2D eigenvalue weighted by molar-refractivity contribution is 6.42. The number of carbonyl (C=O) groups excluding carboxylic acids is 2. The van der Waals surface area contributed by atoms with Crippen LogP contribution in [-0.4, -0.2) is 78.2 Å². The van der Waals surface area contributed by atoms with Gasteiger partial charge in [0.05, 0.1) is 10.0 Å². The summed E-state index contributed by atoms with van der Waals surface area (Å²) < 4.78 is 26.5. The van der Waals surface area contributed by atoms with Gasteiger partial charge >= 0.3 is 0 Å². The molecular weight excluding hydrogens is 447 g/mol. The first kappa shape index (κ1) is 24.0. The Morgan fingerprint density at radius 1 is 1.03 bits per heavy atom. The predicted molar refractivity (Wildman–Crippen MR) is 119 cm³/mol. The van der Waals surface area contributed by atoms with Crippen LogP contribution in [-0.2, 0) is 9.59 Å². The van der Waals surface area contributed by atoms with E-state index >= 15 is 0 Å². The molecule has 2 amide bonds. The summed E-state index contributed by atoms with van der Waals surface area (Å²) in [7, 11) is 0. The van der Waals surface area contributed by atoms with Crippen LogP contribution in [0.2, 0.25) is 10.0 Å². The molecule has 1 aromatic carbocycles. The van der Waals surface area contributed by atoms with Crippen LogP contribution in [0, 0.1) is 0 Å². The second kappa shape index (κ2) is 10.7. The first-order valence-corrected chi connectivity index (χ1v) is 11.3.